The van der Waals surface area contributed by atoms with Gasteiger partial charge in [0, 0.05) is 18.1 Å². The highest BCUT2D eigenvalue weighted by molar-refractivity contribution is 7.99. The molecule has 752 valence electrons. The van der Waals surface area contributed by atoms with Crippen molar-refractivity contribution in [3.8, 4) is 17.2 Å². The maximum Gasteiger partial charge on any atom is 0.303 e. The zero-order valence-corrected chi connectivity index (χ0v) is 82.2. The van der Waals surface area contributed by atoms with Crippen LogP contribution >= 0.6 is 35.0 Å². The highest BCUT2D eigenvalue weighted by atomic mass is 35.5. The van der Waals surface area contributed by atoms with E-state index in [9.17, 15) is 4.79 Å². The molecule has 5 saturated heterocycles. The predicted octanol–water partition coefficient (Wildman–Crippen LogP) is 18.3. The van der Waals surface area contributed by atoms with Crippen molar-refractivity contribution in [2.75, 3.05) is 46.9 Å². The van der Waals surface area contributed by atoms with E-state index >= 15 is 19.2 Å². The van der Waals surface area contributed by atoms with E-state index in [2.05, 4.69) is 0 Å². The van der Waals surface area contributed by atoms with E-state index in [1.165, 1.54) is 45.0 Å². The minimum Gasteiger partial charge on any atom is -0.497 e. The lowest BCUT2D eigenvalue weighted by Crippen LogP contribution is -2.71. The van der Waals surface area contributed by atoms with Gasteiger partial charge in [0.25, 0.3) is 23.6 Å². The van der Waals surface area contributed by atoms with Crippen LogP contribution in [0.1, 0.15) is 111 Å². The first-order chi connectivity index (χ1) is 71.1. The second-order valence-corrected chi connectivity index (χ2v) is 37.6. The molecule has 22 atom stereocenters. The molecular formula is C114H110Cl2N2O26S. The van der Waals surface area contributed by atoms with Gasteiger partial charge in [-0.25, -0.2) is 0 Å². The third-order valence-corrected chi connectivity index (χ3v) is 27.8. The molecule has 1 unspecified atom stereocenters. The highest BCUT2D eigenvalue weighted by Gasteiger charge is 2.63. The van der Waals surface area contributed by atoms with Crippen molar-refractivity contribution >= 4 is 64.6 Å². The van der Waals surface area contributed by atoms with E-state index in [4.69, 9.17) is 123 Å². The van der Waals surface area contributed by atoms with Gasteiger partial charge in [-0.05, 0) is 106 Å². The molecule has 0 bridgehead atoms. The quantitative estimate of drug-likeness (QED) is 0.0195. The van der Waals surface area contributed by atoms with Gasteiger partial charge in [-0.2, -0.15) is 0 Å². The first kappa shape index (κ1) is 102. The van der Waals surface area contributed by atoms with Crippen LogP contribution in [0.4, 0.5) is 0 Å². The number of benzene rings is 12. The number of imide groups is 2. The second-order valence-electron chi connectivity index (χ2n) is 35.8. The van der Waals surface area contributed by atoms with Gasteiger partial charge in [0.15, 0.2) is 31.3 Å². The van der Waals surface area contributed by atoms with Crippen LogP contribution in [0, 0.1) is 0 Å². The molecule has 0 spiro atoms. The molecule has 7 heterocycles. The van der Waals surface area contributed by atoms with Crippen molar-refractivity contribution in [1.82, 2.24) is 9.80 Å². The van der Waals surface area contributed by atoms with E-state index in [-0.39, 0.29) is 104 Å². The van der Waals surface area contributed by atoms with Crippen molar-refractivity contribution < 1.29 is 123 Å². The van der Waals surface area contributed by atoms with Crippen molar-refractivity contribution in [3.05, 3.63) is 410 Å². The van der Waals surface area contributed by atoms with Crippen LogP contribution in [0.3, 0.4) is 0 Å². The Kier molecular flexibility index (Phi) is 34.1. The summed E-state index contributed by atoms with van der Waals surface area (Å²) < 4.78 is 151. The summed E-state index contributed by atoms with van der Waals surface area (Å²) in [5, 5.41) is -0.0935. The lowest BCUT2D eigenvalue weighted by molar-refractivity contribution is -0.387. The zero-order chi connectivity index (χ0) is 99.7. The van der Waals surface area contributed by atoms with Gasteiger partial charge in [0.05, 0.1) is 119 Å². The SMILES string of the molecule is COc1ccc(O[C@@H]2O[C@H](COCc3ccccc3)[C@@H](O[C@@H]3O[C@H](COCc4ccccc4)[C@@H](OC(O[C@H]4[C@@H](O[C@H]5O[C@H](COCc6ccccc6)[C@@H](OCc6ccccc6)[C@H](OCc6ccccc6)[C@@H]5OC(C)=O)[C@@H]5O[C@H](c6ccccc6)OC[C@H]5O[C@@H]4SC)c4ccc(OC)cc4)[C@H](OCc4ccccc4)[C@H]3N3C(=O)c4cc(Cl)c(Cl)cc4C3=O)[C@H](OCc3ccccc3)[C@H]2N2C(=O)c3ccccc3C2=O)cc1. The molecule has 0 N–H and O–H groups in total. The highest BCUT2D eigenvalue weighted by Crippen LogP contribution is 2.48. The number of nitrogens with zero attached hydrogens (tertiary/aromatic N) is 2. The molecule has 28 nitrogen and oxygen atoms in total. The van der Waals surface area contributed by atoms with Gasteiger partial charge >= 0.3 is 5.97 Å². The number of rotatable bonds is 42. The number of carbonyl (C=O) groups excluding carboxylic acids is 5. The molecule has 0 aromatic heterocycles. The number of ether oxygens (including phenoxy) is 21. The molecule has 145 heavy (non-hydrogen) atoms. The largest absolute Gasteiger partial charge is 0.497 e. The van der Waals surface area contributed by atoms with Crippen LogP contribution in [0.5, 0.6) is 17.2 Å². The van der Waals surface area contributed by atoms with Crippen molar-refractivity contribution in [2.45, 2.75) is 188 Å². The van der Waals surface area contributed by atoms with Gasteiger partial charge in [-0.3, -0.25) is 33.8 Å². The topological polar surface area (TPSA) is 286 Å². The first-order valence-electron chi connectivity index (χ1n) is 48.1. The van der Waals surface area contributed by atoms with Crippen LogP contribution in [-0.2, 0) is 136 Å². The molecule has 31 heteroatoms. The number of methoxy groups -OCH3 is 2. The third kappa shape index (κ3) is 24.2. The first-order valence-corrected chi connectivity index (χ1v) is 50.1. The Morgan fingerprint density at radius 1 is 0.372 bits per heavy atom. The summed E-state index contributed by atoms with van der Waals surface area (Å²) in [6.45, 7) is 0.192. The standard InChI is InChI=1S/C114H110Cl2N2O26S/c1-70(119)134-103-101(132-65-77-43-25-11-26-44-77)95(129-62-74-37-19-8-20-38-74)89(66-126-59-71-31-13-5-14-32-71)138-113(103)143-102-98-92(69-133-109(140-98)78-45-27-12-28-46-78)139-114(145-4)104(102)144-110(79-49-51-80(124-2)52-50-79)141-96-90(67-127-60-72-33-15-6-16-34-72)137-112(94(100(96)131-64-76-41-23-10-24-42-76)118-107(122)85-57-87(115)88(116)58-86(85)108(118)123)142-97-91(68-128-61-73-35-17-7-18-36-73)136-111(135-82-55-53-81(125-3)54-56-82)93(99(97)130-63-75-39-21-9-22-40-75)117-105(120)83-47-29-30-48-84(83)106(117)121/h5-58,89-104,109-114H,59-69H2,1-4H3/t89-,90-,91-,92-,93-,94-,95-,96-,97-,98-,99-,100-,101+,102+,103+,104+,109-,110?,111-,112+,113-,114-/m1/s1. The predicted molar refractivity (Wildman–Crippen MR) is 532 cm³/mol. The summed E-state index contributed by atoms with van der Waals surface area (Å²) in [4.78, 5) is 81.2. The number of amides is 4. The Hall–Kier alpha value is -12.0. The van der Waals surface area contributed by atoms with Gasteiger partial charge in [0.1, 0.15) is 114 Å². The summed E-state index contributed by atoms with van der Waals surface area (Å²) in [6, 6.07) is 94.9. The molecule has 12 aromatic rings. The van der Waals surface area contributed by atoms with Crippen LogP contribution < -0.4 is 14.2 Å². The fraction of sp³-hybridized carbons (Fsp3) is 0.325. The van der Waals surface area contributed by atoms with E-state index < -0.39 is 171 Å². The van der Waals surface area contributed by atoms with Gasteiger partial charge in [-0.1, -0.05) is 290 Å². The van der Waals surface area contributed by atoms with E-state index in [0.29, 0.717) is 33.8 Å². The lowest BCUT2D eigenvalue weighted by atomic mass is 9.92. The number of thioether (sulfide) groups is 1. The number of fused-ring (bicyclic) bond motifs is 3. The minimum absolute atomic E-state index is 0.00817. The zero-order valence-electron chi connectivity index (χ0n) is 79.8. The molecule has 7 aliphatic heterocycles. The normalized spacial score (nSPS) is 26.2. The summed E-state index contributed by atoms with van der Waals surface area (Å²) in [6.07, 6.45) is -25.0. The summed E-state index contributed by atoms with van der Waals surface area (Å²) in [5.41, 5.74) is 5.13. The number of carbonyl (C=O) groups is 5. The van der Waals surface area contributed by atoms with Crippen LogP contribution in [0.2, 0.25) is 10.0 Å². The third-order valence-electron chi connectivity index (χ3n) is 26.3. The Morgan fingerprint density at radius 2 is 0.738 bits per heavy atom. The molecule has 7 aliphatic rings. The van der Waals surface area contributed by atoms with Gasteiger partial charge < -0.3 is 99.5 Å². The van der Waals surface area contributed by atoms with Crippen molar-refractivity contribution in [1.29, 1.82) is 0 Å². The molecule has 0 aliphatic carbocycles. The van der Waals surface area contributed by atoms with Crippen LogP contribution in [0.25, 0.3) is 0 Å². The summed E-state index contributed by atoms with van der Waals surface area (Å²) in [5.74, 6) is -2.75. The number of hydrogen-bond acceptors (Lipinski definition) is 27. The second kappa shape index (κ2) is 48.6. The van der Waals surface area contributed by atoms with E-state index in [1.54, 1.807) is 72.8 Å². The average molecular weight is 2030 g/mol. The maximum absolute atomic E-state index is 16.6. The maximum atomic E-state index is 16.6. The molecular weight excluding hydrogens is 1920 g/mol. The number of halogens is 2. The van der Waals surface area contributed by atoms with Crippen LogP contribution in [-0.4, -0.2) is 208 Å². The molecule has 4 amide bonds. The number of esters is 1. The Labute approximate surface area is 854 Å². The van der Waals surface area contributed by atoms with E-state index in [1.807, 2.05) is 249 Å². The molecule has 0 saturated carbocycles. The van der Waals surface area contributed by atoms with Crippen molar-refractivity contribution in [2.24, 2.45) is 0 Å². The lowest BCUT2D eigenvalue weighted by Gasteiger charge is -2.53. The molecule has 19 rings (SSSR count). The van der Waals surface area contributed by atoms with Crippen molar-refractivity contribution in [3.63, 3.8) is 0 Å². The fourth-order valence-electron chi connectivity index (χ4n) is 19.2. The molecule has 12 aromatic carbocycles. The average Bonchev–Trinajstić information content (AvgIpc) is 1.61. The Balaban J connectivity index is 0.779. The molecule has 0 radical (unpaired) electrons. The molecule has 5 fully saturated rings. The smallest absolute Gasteiger partial charge is 0.303 e. The fourth-order valence-corrected chi connectivity index (χ4v) is 20.2. The minimum atomic E-state index is -1.96. The van der Waals surface area contributed by atoms with E-state index in [0.717, 1.165) is 37.6 Å². The Bertz CT molecular complexity index is 6180. The summed E-state index contributed by atoms with van der Waals surface area (Å²) in [7, 11) is 3.06. The van der Waals surface area contributed by atoms with Gasteiger partial charge in [-0.15, -0.1) is 11.8 Å². The monoisotopic (exact) mass is 2020 g/mol. The van der Waals surface area contributed by atoms with Crippen LogP contribution in [0.15, 0.2) is 328 Å². The summed E-state index contributed by atoms with van der Waals surface area (Å²) >= 11 is 15.2. The number of hydrogen-bond donors (Lipinski definition) is 0. The van der Waals surface area contributed by atoms with Gasteiger partial charge in [0.2, 0.25) is 6.29 Å². The Morgan fingerprint density at radius 3 is 1.19 bits per heavy atom.